The Balaban J connectivity index is 1.32. The number of phosphoric acid groups is 1. The zero-order valence-electron chi connectivity index (χ0n) is 29.8. The van der Waals surface area contributed by atoms with Gasteiger partial charge in [-0.05, 0) is 103 Å². The fraction of sp³-hybridized carbons (Fsp3) is 0.149. The van der Waals surface area contributed by atoms with Crippen LogP contribution in [-0.2, 0) is 34.3 Å². The summed E-state index contributed by atoms with van der Waals surface area (Å²) in [4.78, 5) is 12.4. The minimum absolute atomic E-state index is 0.637. The van der Waals surface area contributed by atoms with Gasteiger partial charge in [0.2, 0.25) is 0 Å². The molecule has 2 fully saturated rings. The van der Waals surface area contributed by atoms with Crippen LogP contribution >= 0.6 is 7.82 Å². The van der Waals surface area contributed by atoms with Crippen molar-refractivity contribution in [3.05, 3.63) is 192 Å². The van der Waals surface area contributed by atoms with Crippen LogP contribution < -0.4 is 0 Å². The van der Waals surface area contributed by atoms with Crippen LogP contribution in [-0.4, -0.2) is 22.9 Å². The van der Waals surface area contributed by atoms with Gasteiger partial charge in [-0.1, -0.05) is 146 Å². The van der Waals surface area contributed by atoms with Crippen LogP contribution in [0.5, 0.6) is 0 Å². The average Bonchev–Trinajstić information content (AvgIpc) is 3.50. The molecule has 0 saturated carbocycles. The Labute approximate surface area is 313 Å². The molecule has 0 bridgehead atoms. The molecular weight excluding hydrogens is 691 g/mol. The van der Waals surface area contributed by atoms with Crippen molar-refractivity contribution in [2.45, 2.75) is 43.0 Å². The van der Waals surface area contributed by atoms with Gasteiger partial charge in [-0.15, -0.1) is 0 Å². The van der Waals surface area contributed by atoms with Gasteiger partial charge < -0.3 is 14.4 Å². The van der Waals surface area contributed by atoms with Crippen LogP contribution in [0.3, 0.4) is 0 Å². The lowest BCUT2D eigenvalue weighted by Gasteiger charge is -2.41. The fourth-order valence-corrected chi connectivity index (χ4v) is 10.1. The minimum Gasteiger partial charge on any atom is -0.341 e. The van der Waals surface area contributed by atoms with E-state index >= 15 is 4.57 Å². The van der Waals surface area contributed by atoms with Crippen molar-refractivity contribution in [3.8, 4) is 0 Å². The van der Waals surface area contributed by atoms with Crippen LogP contribution in [0.1, 0.15) is 36.1 Å². The van der Waals surface area contributed by atoms with E-state index in [2.05, 4.69) is 0 Å². The van der Waals surface area contributed by atoms with Gasteiger partial charge in [-0.25, -0.2) is 4.57 Å². The maximum Gasteiger partial charge on any atom is 0.474 e. The lowest BCUT2D eigenvalue weighted by molar-refractivity contribution is -0.178. The van der Waals surface area contributed by atoms with Crippen LogP contribution in [0.4, 0.5) is 0 Å². The molecule has 54 heavy (non-hydrogen) atoms. The molecule has 0 spiro atoms. The molecular formula is C47H37O6P. The number of phosphoric ester groups is 1. The molecule has 8 aromatic carbocycles. The second-order valence-corrected chi connectivity index (χ2v) is 16.1. The van der Waals surface area contributed by atoms with Gasteiger partial charge in [0.15, 0.2) is 17.0 Å². The van der Waals surface area contributed by atoms with Crippen LogP contribution in [0, 0.1) is 0 Å². The molecule has 0 aliphatic carbocycles. The summed E-state index contributed by atoms with van der Waals surface area (Å²) in [6, 6.07) is 56.2. The van der Waals surface area contributed by atoms with Crippen LogP contribution in [0.25, 0.3) is 43.1 Å². The summed E-state index contributed by atoms with van der Waals surface area (Å²) in [5.41, 5.74) is -0.827. The standard InChI is InChI=1S/C47H37O6P/c1-45(2)50-43-44(51-45)47(41-25-21-33-13-5-9-17-37(33)29-41,42-26-22-34-14-6-10-18-38(34)30-42)53-54(48,49)52-46(43,39-23-19-31-11-3-7-15-35(31)27-39)40-24-20-32-12-4-8-16-36(32)28-40/h3-30,43-44H,1-2H3,(H,48,49)/t43-,44-/m1/s1. The molecule has 2 atom stereocenters. The summed E-state index contributed by atoms with van der Waals surface area (Å²) in [5, 5.41) is 7.87. The maximum absolute atomic E-state index is 15.2. The minimum atomic E-state index is -5.03. The smallest absolute Gasteiger partial charge is 0.341 e. The summed E-state index contributed by atoms with van der Waals surface area (Å²) in [6.07, 6.45) is -2.01. The molecule has 266 valence electrons. The first-order chi connectivity index (χ1) is 26.1. The number of fused-ring (bicyclic) bond motifs is 5. The molecule has 6 nitrogen and oxygen atoms in total. The van der Waals surface area contributed by atoms with Crippen molar-refractivity contribution in [2.24, 2.45) is 0 Å². The second kappa shape index (κ2) is 12.2. The molecule has 7 heteroatoms. The van der Waals surface area contributed by atoms with Gasteiger partial charge in [-0.2, -0.15) is 0 Å². The van der Waals surface area contributed by atoms with E-state index in [1.807, 2.05) is 184 Å². The highest BCUT2D eigenvalue weighted by molar-refractivity contribution is 7.47. The lowest BCUT2D eigenvalue weighted by atomic mass is 9.71. The fourth-order valence-electron chi connectivity index (χ4n) is 8.72. The van der Waals surface area contributed by atoms with Crippen molar-refractivity contribution in [1.82, 2.24) is 0 Å². The Hall–Kier alpha value is -5.17. The highest BCUT2D eigenvalue weighted by atomic mass is 31.2. The van der Waals surface area contributed by atoms with Crippen LogP contribution in [0.2, 0.25) is 0 Å². The molecule has 8 aromatic rings. The van der Waals surface area contributed by atoms with Gasteiger partial charge in [0.1, 0.15) is 12.2 Å². The van der Waals surface area contributed by atoms with Gasteiger partial charge in [0, 0.05) is 0 Å². The largest absolute Gasteiger partial charge is 0.474 e. The Morgan fingerprint density at radius 2 is 0.685 bits per heavy atom. The Morgan fingerprint density at radius 3 is 0.963 bits per heavy atom. The Bertz CT molecular complexity index is 2470. The molecule has 0 unspecified atom stereocenters. The summed E-state index contributed by atoms with van der Waals surface area (Å²) < 4.78 is 43.0. The van der Waals surface area contributed by atoms with Crippen molar-refractivity contribution < 1.29 is 28.0 Å². The first-order valence-corrected chi connectivity index (χ1v) is 19.7. The van der Waals surface area contributed by atoms with Crippen LogP contribution in [0.15, 0.2) is 170 Å². The molecule has 0 aromatic heterocycles. The first kappa shape index (κ1) is 33.4. The summed E-state index contributed by atoms with van der Waals surface area (Å²) >= 11 is 0. The summed E-state index contributed by atoms with van der Waals surface area (Å²) in [7, 11) is -5.03. The molecule has 0 radical (unpaired) electrons. The van der Waals surface area contributed by atoms with E-state index in [0.717, 1.165) is 43.1 Å². The molecule has 2 saturated heterocycles. The van der Waals surface area contributed by atoms with Crippen molar-refractivity contribution >= 4 is 50.9 Å². The number of benzene rings is 8. The monoisotopic (exact) mass is 728 g/mol. The topological polar surface area (TPSA) is 74.2 Å². The summed E-state index contributed by atoms with van der Waals surface area (Å²) in [6.45, 7) is 3.74. The molecule has 10 rings (SSSR count). The van der Waals surface area contributed by atoms with E-state index < -0.39 is 37.0 Å². The van der Waals surface area contributed by atoms with Gasteiger partial charge in [0.05, 0.1) is 0 Å². The zero-order valence-corrected chi connectivity index (χ0v) is 30.7. The number of hydrogen-bond acceptors (Lipinski definition) is 5. The normalized spacial score (nSPS) is 21.2. The van der Waals surface area contributed by atoms with E-state index in [1.165, 1.54) is 0 Å². The predicted octanol–water partition coefficient (Wildman–Crippen LogP) is 11.2. The van der Waals surface area contributed by atoms with E-state index in [1.54, 1.807) is 0 Å². The Morgan fingerprint density at radius 1 is 0.426 bits per heavy atom. The van der Waals surface area contributed by atoms with E-state index in [-0.39, 0.29) is 0 Å². The Kier molecular flexibility index (Phi) is 7.53. The second-order valence-electron chi connectivity index (χ2n) is 14.8. The molecule has 0 amide bonds. The van der Waals surface area contributed by atoms with Crippen molar-refractivity contribution in [3.63, 3.8) is 0 Å². The number of rotatable bonds is 4. The molecule has 2 aliphatic rings. The van der Waals surface area contributed by atoms with E-state index in [0.29, 0.717) is 22.3 Å². The average molecular weight is 729 g/mol. The number of ether oxygens (including phenoxy) is 2. The molecule has 2 heterocycles. The molecule has 1 N–H and O–H groups in total. The third kappa shape index (κ3) is 5.25. The lowest BCUT2D eigenvalue weighted by Crippen LogP contribution is -2.53. The van der Waals surface area contributed by atoms with Crippen molar-refractivity contribution in [1.29, 1.82) is 0 Å². The van der Waals surface area contributed by atoms with E-state index in [4.69, 9.17) is 18.5 Å². The number of hydrogen-bond donors (Lipinski definition) is 1. The molecule has 2 aliphatic heterocycles. The highest BCUT2D eigenvalue weighted by Gasteiger charge is 2.69. The quantitative estimate of drug-likeness (QED) is 0.182. The third-order valence-electron chi connectivity index (χ3n) is 11.1. The van der Waals surface area contributed by atoms with E-state index in [9.17, 15) is 4.89 Å². The third-order valence-corrected chi connectivity index (χ3v) is 12.2. The van der Waals surface area contributed by atoms with Gasteiger partial charge in [-0.3, -0.25) is 9.05 Å². The SMILES string of the molecule is CC1(C)O[C@@H]2[C@@H](O1)C(c1ccc3ccccc3c1)(c1ccc3ccccc3c1)OP(=O)(O)OC2(c1ccc2ccccc2c1)c1ccc2ccccc2c1. The maximum atomic E-state index is 15.2. The predicted molar refractivity (Wildman–Crippen MR) is 213 cm³/mol. The van der Waals surface area contributed by atoms with Gasteiger partial charge in [0.25, 0.3) is 0 Å². The first-order valence-electron chi connectivity index (χ1n) is 18.2. The van der Waals surface area contributed by atoms with Gasteiger partial charge >= 0.3 is 7.82 Å². The zero-order chi connectivity index (χ0) is 36.7. The van der Waals surface area contributed by atoms with Crippen molar-refractivity contribution in [2.75, 3.05) is 0 Å². The highest BCUT2D eigenvalue weighted by Crippen LogP contribution is 2.67. The summed E-state index contributed by atoms with van der Waals surface area (Å²) in [5.74, 6) is -1.16.